The van der Waals surface area contributed by atoms with Gasteiger partial charge in [-0.15, -0.1) is 0 Å². The number of hydrogen-bond acceptors (Lipinski definition) is 4. The van der Waals surface area contributed by atoms with Crippen LogP contribution >= 0.6 is 0 Å². The van der Waals surface area contributed by atoms with E-state index in [0.29, 0.717) is 23.7 Å². The van der Waals surface area contributed by atoms with E-state index in [4.69, 9.17) is 9.47 Å². The van der Waals surface area contributed by atoms with Crippen molar-refractivity contribution in [1.82, 2.24) is 10.2 Å². The van der Waals surface area contributed by atoms with Gasteiger partial charge >= 0.3 is 6.03 Å². The van der Waals surface area contributed by atoms with Crippen molar-refractivity contribution in [3.05, 3.63) is 53.6 Å². The summed E-state index contributed by atoms with van der Waals surface area (Å²) in [4.78, 5) is 14.3. The lowest BCUT2D eigenvalue weighted by Crippen LogP contribution is -2.29. The number of amides is 2. The van der Waals surface area contributed by atoms with Crippen molar-refractivity contribution in [2.24, 2.45) is 0 Å². The van der Waals surface area contributed by atoms with Crippen LogP contribution in [-0.4, -0.2) is 39.2 Å². The number of benzene rings is 2. The minimum atomic E-state index is -0.289. The number of methoxy groups -OCH3 is 2. The zero-order valence-corrected chi connectivity index (χ0v) is 15.1. The van der Waals surface area contributed by atoms with Gasteiger partial charge in [-0.05, 0) is 37.4 Å². The number of anilines is 1. The summed E-state index contributed by atoms with van der Waals surface area (Å²) in [6.45, 7) is 1.28. The van der Waals surface area contributed by atoms with Crippen molar-refractivity contribution in [1.29, 1.82) is 0 Å². The SMILES string of the molecule is COc1ccc(NC(=O)NCc2ccccc2CN(C)C)c(OC)c1. The number of carbonyl (C=O) groups excluding carboxylic acids is 1. The summed E-state index contributed by atoms with van der Waals surface area (Å²) in [5.41, 5.74) is 2.87. The van der Waals surface area contributed by atoms with Crippen molar-refractivity contribution in [3.8, 4) is 11.5 Å². The van der Waals surface area contributed by atoms with Crippen LogP contribution in [0.25, 0.3) is 0 Å². The Labute approximate surface area is 148 Å². The fourth-order valence-electron chi connectivity index (χ4n) is 2.47. The lowest BCUT2D eigenvalue weighted by atomic mass is 10.1. The highest BCUT2D eigenvalue weighted by molar-refractivity contribution is 5.91. The minimum Gasteiger partial charge on any atom is -0.497 e. The Kier molecular flexibility index (Phi) is 6.65. The van der Waals surface area contributed by atoms with Gasteiger partial charge in [-0.2, -0.15) is 0 Å². The Morgan fingerprint density at radius 2 is 1.76 bits per heavy atom. The molecule has 0 aliphatic heterocycles. The molecule has 0 aromatic heterocycles. The smallest absolute Gasteiger partial charge is 0.319 e. The fraction of sp³-hybridized carbons (Fsp3) is 0.316. The van der Waals surface area contributed by atoms with E-state index in [1.165, 1.54) is 5.56 Å². The lowest BCUT2D eigenvalue weighted by Gasteiger charge is -2.15. The summed E-state index contributed by atoms with van der Waals surface area (Å²) < 4.78 is 10.4. The molecule has 2 N–H and O–H groups in total. The van der Waals surface area contributed by atoms with E-state index >= 15 is 0 Å². The molecule has 0 fully saturated rings. The molecule has 6 nitrogen and oxygen atoms in total. The average molecular weight is 343 g/mol. The lowest BCUT2D eigenvalue weighted by molar-refractivity contribution is 0.251. The summed E-state index contributed by atoms with van der Waals surface area (Å²) in [6.07, 6.45) is 0. The van der Waals surface area contributed by atoms with Gasteiger partial charge in [0.05, 0.1) is 19.9 Å². The second-order valence-electron chi connectivity index (χ2n) is 5.88. The first-order chi connectivity index (χ1) is 12.0. The van der Waals surface area contributed by atoms with Crippen molar-refractivity contribution in [3.63, 3.8) is 0 Å². The number of ether oxygens (including phenoxy) is 2. The minimum absolute atomic E-state index is 0.289. The molecule has 0 aliphatic rings. The Bertz CT molecular complexity index is 717. The van der Waals surface area contributed by atoms with Gasteiger partial charge in [-0.3, -0.25) is 0 Å². The maximum absolute atomic E-state index is 12.2. The Balaban J connectivity index is 2.00. The molecular formula is C19H25N3O3. The molecule has 0 bridgehead atoms. The number of hydrogen-bond donors (Lipinski definition) is 2. The van der Waals surface area contributed by atoms with Crippen molar-refractivity contribution in [2.45, 2.75) is 13.1 Å². The topological polar surface area (TPSA) is 62.8 Å². The Morgan fingerprint density at radius 3 is 2.40 bits per heavy atom. The van der Waals surface area contributed by atoms with Crippen LogP contribution in [0.3, 0.4) is 0 Å². The van der Waals surface area contributed by atoms with Gasteiger partial charge in [0.25, 0.3) is 0 Å². The third-order valence-electron chi connectivity index (χ3n) is 3.70. The van der Waals surface area contributed by atoms with E-state index < -0.39 is 0 Å². The van der Waals surface area contributed by atoms with E-state index in [-0.39, 0.29) is 6.03 Å². The maximum atomic E-state index is 12.2. The predicted molar refractivity (Wildman–Crippen MR) is 99.2 cm³/mol. The van der Waals surface area contributed by atoms with E-state index in [1.807, 2.05) is 32.3 Å². The molecule has 6 heteroatoms. The molecule has 25 heavy (non-hydrogen) atoms. The molecule has 2 aromatic carbocycles. The van der Waals surface area contributed by atoms with Gasteiger partial charge in [0.1, 0.15) is 11.5 Å². The van der Waals surface area contributed by atoms with Crippen LogP contribution in [0.4, 0.5) is 10.5 Å². The van der Waals surface area contributed by atoms with E-state index in [2.05, 4.69) is 21.6 Å². The summed E-state index contributed by atoms with van der Waals surface area (Å²) >= 11 is 0. The molecule has 0 heterocycles. The number of urea groups is 1. The van der Waals surface area contributed by atoms with Crippen LogP contribution < -0.4 is 20.1 Å². The normalized spacial score (nSPS) is 10.4. The number of nitrogens with zero attached hydrogens (tertiary/aromatic N) is 1. The number of carbonyl (C=O) groups is 1. The molecule has 0 radical (unpaired) electrons. The fourth-order valence-corrected chi connectivity index (χ4v) is 2.47. The van der Waals surface area contributed by atoms with Gasteiger partial charge in [0.2, 0.25) is 0 Å². The second kappa shape index (κ2) is 8.94. The molecule has 2 amide bonds. The molecule has 0 saturated carbocycles. The molecule has 2 rings (SSSR count). The average Bonchev–Trinajstić information content (AvgIpc) is 2.61. The first kappa shape index (κ1) is 18.6. The largest absolute Gasteiger partial charge is 0.497 e. The molecule has 134 valence electrons. The Morgan fingerprint density at radius 1 is 1.04 bits per heavy atom. The summed E-state index contributed by atoms with van der Waals surface area (Å²) in [7, 11) is 7.18. The molecule has 0 atom stereocenters. The van der Waals surface area contributed by atoms with E-state index in [9.17, 15) is 4.79 Å². The van der Waals surface area contributed by atoms with Crippen LogP contribution in [0.2, 0.25) is 0 Å². The molecule has 0 aliphatic carbocycles. The summed E-state index contributed by atoms with van der Waals surface area (Å²) in [5.74, 6) is 1.21. The first-order valence-electron chi connectivity index (χ1n) is 8.02. The van der Waals surface area contributed by atoms with Crippen LogP contribution in [0.1, 0.15) is 11.1 Å². The number of rotatable bonds is 7. The molecule has 0 saturated heterocycles. The van der Waals surface area contributed by atoms with Crippen molar-refractivity contribution < 1.29 is 14.3 Å². The predicted octanol–water partition coefficient (Wildman–Crippen LogP) is 3.09. The van der Waals surface area contributed by atoms with Crippen LogP contribution in [0.5, 0.6) is 11.5 Å². The highest BCUT2D eigenvalue weighted by Crippen LogP contribution is 2.28. The van der Waals surface area contributed by atoms with Crippen LogP contribution in [0, 0.1) is 0 Å². The second-order valence-corrected chi connectivity index (χ2v) is 5.88. The summed E-state index contributed by atoms with van der Waals surface area (Å²) in [6, 6.07) is 13.0. The molecular weight excluding hydrogens is 318 g/mol. The molecule has 2 aromatic rings. The van der Waals surface area contributed by atoms with E-state index in [1.54, 1.807) is 32.4 Å². The van der Waals surface area contributed by atoms with Gasteiger partial charge in [-0.1, -0.05) is 24.3 Å². The zero-order chi connectivity index (χ0) is 18.2. The van der Waals surface area contributed by atoms with Gasteiger partial charge in [-0.25, -0.2) is 4.79 Å². The van der Waals surface area contributed by atoms with E-state index in [0.717, 1.165) is 12.1 Å². The van der Waals surface area contributed by atoms with Crippen LogP contribution in [0.15, 0.2) is 42.5 Å². The van der Waals surface area contributed by atoms with Crippen LogP contribution in [-0.2, 0) is 13.1 Å². The molecule has 0 unspecified atom stereocenters. The van der Waals surface area contributed by atoms with Gasteiger partial charge in [0.15, 0.2) is 0 Å². The molecule has 0 spiro atoms. The third-order valence-corrected chi connectivity index (χ3v) is 3.70. The third kappa shape index (κ3) is 5.39. The van der Waals surface area contributed by atoms with Gasteiger partial charge in [0, 0.05) is 19.2 Å². The quantitative estimate of drug-likeness (QED) is 0.811. The standard InChI is InChI=1S/C19H25N3O3/c1-22(2)13-15-8-6-5-7-14(15)12-20-19(23)21-17-10-9-16(24-3)11-18(17)25-4/h5-11H,12-13H2,1-4H3,(H2,20,21,23). The summed E-state index contributed by atoms with van der Waals surface area (Å²) in [5, 5.41) is 5.69. The number of nitrogens with one attached hydrogen (secondary N) is 2. The highest BCUT2D eigenvalue weighted by atomic mass is 16.5. The highest BCUT2D eigenvalue weighted by Gasteiger charge is 2.10. The van der Waals surface area contributed by atoms with Crippen molar-refractivity contribution >= 4 is 11.7 Å². The maximum Gasteiger partial charge on any atom is 0.319 e. The first-order valence-corrected chi connectivity index (χ1v) is 8.02. The zero-order valence-electron chi connectivity index (χ0n) is 15.1. The Hall–Kier alpha value is -2.73. The van der Waals surface area contributed by atoms with Gasteiger partial charge < -0.3 is 25.0 Å². The van der Waals surface area contributed by atoms with Crippen molar-refractivity contribution in [2.75, 3.05) is 33.6 Å². The monoisotopic (exact) mass is 343 g/mol.